The molecule has 0 unspecified atom stereocenters. The minimum atomic E-state index is -0.372. The lowest BCUT2D eigenvalue weighted by molar-refractivity contribution is -0.138. The summed E-state index contributed by atoms with van der Waals surface area (Å²) in [7, 11) is 0. The Labute approximate surface area is 179 Å². The van der Waals surface area contributed by atoms with E-state index in [1.807, 2.05) is 4.90 Å². The van der Waals surface area contributed by atoms with Gasteiger partial charge in [-0.05, 0) is 30.8 Å². The number of halogens is 2. The molecule has 0 bridgehead atoms. The lowest BCUT2D eigenvalue weighted by Crippen LogP contribution is -2.47. The van der Waals surface area contributed by atoms with E-state index in [0.717, 1.165) is 19.6 Å². The van der Waals surface area contributed by atoms with Gasteiger partial charge in [0, 0.05) is 36.8 Å². The maximum atomic E-state index is 13.3. The number of rotatable bonds is 5. The Balaban J connectivity index is 1.74. The number of imide groups is 1. The first-order valence-electron chi connectivity index (χ1n) is 9.55. The first-order valence-corrected chi connectivity index (χ1v) is 10.3. The molecule has 0 radical (unpaired) electrons. The van der Waals surface area contributed by atoms with Crippen LogP contribution in [-0.4, -0.2) is 59.2 Å². The molecule has 0 saturated carbocycles. The minimum Gasteiger partial charge on any atom is -0.467 e. The van der Waals surface area contributed by atoms with Gasteiger partial charge in [0.05, 0.1) is 23.4 Å². The van der Waals surface area contributed by atoms with Crippen molar-refractivity contribution in [1.82, 2.24) is 14.7 Å². The van der Waals surface area contributed by atoms with Crippen LogP contribution < -0.4 is 0 Å². The lowest BCUT2D eigenvalue weighted by atomic mass is 10.0. The van der Waals surface area contributed by atoms with Gasteiger partial charge in [0.1, 0.15) is 11.5 Å². The molecule has 1 saturated heterocycles. The molecule has 0 atom stereocenters. The van der Waals surface area contributed by atoms with Gasteiger partial charge in [-0.25, -0.2) is 0 Å². The summed E-state index contributed by atoms with van der Waals surface area (Å²) in [4.78, 5) is 32.2. The summed E-state index contributed by atoms with van der Waals surface area (Å²) < 4.78 is 5.35. The van der Waals surface area contributed by atoms with Gasteiger partial charge in [0.15, 0.2) is 0 Å². The molecule has 1 aromatic heterocycles. The second-order valence-corrected chi connectivity index (χ2v) is 7.89. The molecule has 2 aliphatic heterocycles. The SMILES string of the molecule is CCN1CCN(C2=C(c3ccc(Cl)cc3Cl)C(=O)N(Cc3ccco3)C2=O)CC1. The van der Waals surface area contributed by atoms with E-state index < -0.39 is 0 Å². The monoisotopic (exact) mass is 433 g/mol. The Hall–Kier alpha value is -2.28. The standard InChI is InChI=1S/C21H21Cl2N3O3/c1-2-24-7-9-25(10-8-24)19-18(16-6-5-14(22)12-17(16)23)20(27)26(21(19)28)13-15-4-3-11-29-15/h3-6,11-12H,2,7-10,13H2,1H3. The molecule has 2 aromatic rings. The minimum absolute atomic E-state index is 0.0812. The third-order valence-corrected chi connectivity index (χ3v) is 5.92. The fraction of sp³-hybridized carbons (Fsp3) is 0.333. The lowest BCUT2D eigenvalue weighted by Gasteiger charge is -2.36. The van der Waals surface area contributed by atoms with E-state index in [1.54, 1.807) is 30.3 Å². The van der Waals surface area contributed by atoms with Crippen LogP contribution in [0.4, 0.5) is 0 Å². The highest BCUT2D eigenvalue weighted by molar-refractivity contribution is 6.41. The zero-order valence-corrected chi connectivity index (χ0v) is 17.5. The molecule has 2 amide bonds. The highest BCUT2D eigenvalue weighted by Crippen LogP contribution is 2.37. The Morgan fingerprint density at radius 3 is 2.41 bits per heavy atom. The topological polar surface area (TPSA) is 57.0 Å². The highest BCUT2D eigenvalue weighted by atomic mass is 35.5. The Kier molecular flexibility index (Phi) is 5.67. The molecular weight excluding hydrogens is 413 g/mol. The van der Waals surface area contributed by atoms with E-state index in [0.29, 0.717) is 45.7 Å². The molecule has 4 rings (SSSR count). The maximum Gasteiger partial charge on any atom is 0.278 e. The normalized spacial score (nSPS) is 18.3. The summed E-state index contributed by atoms with van der Waals surface area (Å²) in [5.74, 6) is -0.147. The summed E-state index contributed by atoms with van der Waals surface area (Å²) >= 11 is 12.5. The first kappa shape index (κ1) is 20.0. The van der Waals surface area contributed by atoms with Crippen molar-refractivity contribution >= 4 is 40.6 Å². The van der Waals surface area contributed by atoms with Crippen LogP contribution in [0.15, 0.2) is 46.7 Å². The van der Waals surface area contributed by atoms with Crippen LogP contribution in [0.3, 0.4) is 0 Å². The summed E-state index contributed by atoms with van der Waals surface area (Å²) in [5, 5.41) is 0.819. The summed E-state index contributed by atoms with van der Waals surface area (Å²) in [6.45, 7) is 6.17. The number of nitrogens with zero attached hydrogens (tertiary/aromatic N) is 3. The van der Waals surface area contributed by atoms with Gasteiger partial charge in [-0.2, -0.15) is 0 Å². The molecule has 2 aliphatic rings. The number of piperazine rings is 1. The van der Waals surface area contributed by atoms with Gasteiger partial charge in [0.2, 0.25) is 0 Å². The zero-order valence-electron chi connectivity index (χ0n) is 16.0. The van der Waals surface area contributed by atoms with Crippen molar-refractivity contribution < 1.29 is 14.0 Å². The molecule has 3 heterocycles. The van der Waals surface area contributed by atoms with Gasteiger partial charge >= 0.3 is 0 Å². The molecule has 0 spiro atoms. The predicted octanol–water partition coefficient (Wildman–Crippen LogP) is 3.50. The number of likely N-dealkylation sites (N-methyl/N-ethyl adjacent to an activating group) is 1. The van der Waals surface area contributed by atoms with Gasteiger partial charge in [-0.1, -0.05) is 36.2 Å². The largest absolute Gasteiger partial charge is 0.467 e. The third kappa shape index (κ3) is 3.80. The molecule has 1 aromatic carbocycles. The highest BCUT2D eigenvalue weighted by Gasteiger charge is 2.43. The number of carbonyl (C=O) groups excluding carboxylic acids is 2. The van der Waals surface area contributed by atoms with E-state index in [-0.39, 0.29) is 18.4 Å². The summed E-state index contributed by atoms with van der Waals surface area (Å²) in [5.41, 5.74) is 1.25. The molecule has 29 heavy (non-hydrogen) atoms. The smallest absolute Gasteiger partial charge is 0.278 e. The molecule has 6 nitrogen and oxygen atoms in total. The third-order valence-electron chi connectivity index (χ3n) is 5.37. The van der Waals surface area contributed by atoms with Gasteiger partial charge in [0.25, 0.3) is 11.8 Å². The molecule has 0 aliphatic carbocycles. The van der Waals surface area contributed by atoms with Crippen LogP contribution in [0, 0.1) is 0 Å². The Morgan fingerprint density at radius 1 is 1.03 bits per heavy atom. The first-order chi connectivity index (χ1) is 14.0. The number of furan rings is 1. The molecular formula is C21H21Cl2N3O3. The van der Waals surface area contributed by atoms with Gasteiger partial charge < -0.3 is 14.2 Å². The van der Waals surface area contributed by atoms with Crippen molar-refractivity contribution in [3.63, 3.8) is 0 Å². The number of benzene rings is 1. The molecule has 0 N–H and O–H groups in total. The van der Waals surface area contributed by atoms with Crippen LogP contribution in [0.5, 0.6) is 0 Å². The predicted molar refractivity (Wildman–Crippen MR) is 111 cm³/mol. The van der Waals surface area contributed by atoms with Crippen LogP contribution in [0.1, 0.15) is 18.2 Å². The second-order valence-electron chi connectivity index (χ2n) is 7.04. The van der Waals surface area contributed by atoms with Crippen LogP contribution in [0.25, 0.3) is 5.57 Å². The second kappa shape index (κ2) is 8.22. The molecule has 8 heteroatoms. The number of hydrogen-bond donors (Lipinski definition) is 0. The van der Waals surface area contributed by atoms with E-state index in [2.05, 4.69) is 11.8 Å². The van der Waals surface area contributed by atoms with Crippen molar-refractivity contribution in [2.45, 2.75) is 13.5 Å². The van der Waals surface area contributed by atoms with Gasteiger partial charge in [-0.3, -0.25) is 14.5 Å². The fourth-order valence-corrected chi connectivity index (χ4v) is 4.28. The quantitative estimate of drug-likeness (QED) is 0.675. The van der Waals surface area contributed by atoms with Crippen molar-refractivity contribution in [2.24, 2.45) is 0 Å². The number of hydrogen-bond acceptors (Lipinski definition) is 5. The fourth-order valence-electron chi connectivity index (χ4n) is 3.78. The summed E-state index contributed by atoms with van der Waals surface area (Å²) in [6, 6.07) is 8.44. The van der Waals surface area contributed by atoms with Crippen molar-refractivity contribution in [3.05, 3.63) is 63.7 Å². The number of amides is 2. The van der Waals surface area contributed by atoms with Crippen molar-refractivity contribution in [1.29, 1.82) is 0 Å². The zero-order chi connectivity index (χ0) is 20.5. The average Bonchev–Trinajstić information content (AvgIpc) is 3.31. The number of carbonyl (C=O) groups is 2. The van der Waals surface area contributed by atoms with E-state index in [4.69, 9.17) is 27.6 Å². The van der Waals surface area contributed by atoms with Crippen molar-refractivity contribution in [3.8, 4) is 0 Å². The van der Waals surface area contributed by atoms with E-state index in [9.17, 15) is 9.59 Å². The van der Waals surface area contributed by atoms with E-state index in [1.165, 1.54) is 11.2 Å². The van der Waals surface area contributed by atoms with Gasteiger partial charge in [-0.15, -0.1) is 0 Å². The molecule has 152 valence electrons. The van der Waals surface area contributed by atoms with E-state index >= 15 is 0 Å². The van der Waals surface area contributed by atoms with Crippen LogP contribution in [0.2, 0.25) is 10.0 Å². The molecule has 1 fully saturated rings. The average molecular weight is 434 g/mol. The summed E-state index contributed by atoms with van der Waals surface area (Å²) in [6.07, 6.45) is 1.52. The van der Waals surface area contributed by atoms with Crippen LogP contribution in [-0.2, 0) is 16.1 Å². The van der Waals surface area contributed by atoms with Crippen molar-refractivity contribution in [2.75, 3.05) is 32.7 Å². The maximum absolute atomic E-state index is 13.3. The van der Waals surface area contributed by atoms with Crippen LogP contribution >= 0.6 is 23.2 Å². The Morgan fingerprint density at radius 2 is 1.79 bits per heavy atom. The Bertz CT molecular complexity index is 964.